The number of nitrogens with zero attached hydrogens (tertiary/aromatic N) is 2. The number of fused-ring (bicyclic) bond motifs is 3. The molecule has 0 fully saturated rings. The number of para-hydroxylation sites is 1. The standard InChI is InChI=1S/C17H15N3O/c1-17(2,21)8-7-11-9-13-12-5-3-4-6-14(12)20-16(18)15(13)19-10-11/h3-6,9-10,21H,1-2H3,(H2,18,20). The van der Waals surface area contributed by atoms with Crippen LogP contribution in [0.15, 0.2) is 36.5 Å². The van der Waals surface area contributed by atoms with E-state index < -0.39 is 5.60 Å². The fourth-order valence-corrected chi connectivity index (χ4v) is 2.15. The average molecular weight is 277 g/mol. The highest BCUT2D eigenvalue weighted by Crippen LogP contribution is 2.26. The monoisotopic (exact) mass is 277 g/mol. The molecule has 0 spiro atoms. The summed E-state index contributed by atoms with van der Waals surface area (Å²) in [5, 5.41) is 11.6. The van der Waals surface area contributed by atoms with Crippen LogP contribution in [-0.4, -0.2) is 20.7 Å². The van der Waals surface area contributed by atoms with Gasteiger partial charge in [0.05, 0.1) is 5.52 Å². The summed E-state index contributed by atoms with van der Waals surface area (Å²) in [7, 11) is 0. The van der Waals surface area contributed by atoms with Crippen molar-refractivity contribution in [1.29, 1.82) is 0 Å². The van der Waals surface area contributed by atoms with Gasteiger partial charge in [0.25, 0.3) is 0 Å². The molecule has 0 bridgehead atoms. The molecule has 3 N–H and O–H groups in total. The molecule has 0 aliphatic carbocycles. The van der Waals surface area contributed by atoms with Crippen LogP contribution in [0.1, 0.15) is 19.4 Å². The summed E-state index contributed by atoms with van der Waals surface area (Å²) < 4.78 is 0. The predicted octanol–water partition coefficient (Wildman–Crippen LogP) is 2.49. The Morgan fingerprint density at radius 3 is 2.71 bits per heavy atom. The molecule has 0 aliphatic heterocycles. The smallest absolute Gasteiger partial charge is 0.150 e. The van der Waals surface area contributed by atoms with Crippen molar-refractivity contribution >= 4 is 27.6 Å². The fraction of sp³-hybridized carbons (Fsp3) is 0.176. The molecule has 104 valence electrons. The maximum Gasteiger partial charge on any atom is 0.150 e. The first-order valence-electron chi connectivity index (χ1n) is 6.63. The van der Waals surface area contributed by atoms with E-state index in [2.05, 4.69) is 21.8 Å². The second-order valence-corrected chi connectivity index (χ2v) is 5.44. The van der Waals surface area contributed by atoms with Crippen LogP contribution in [0, 0.1) is 11.8 Å². The lowest BCUT2D eigenvalue weighted by molar-refractivity contribution is 0.143. The van der Waals surface area contributed by atoms with E-state index in [1.54, 1.807) is 20.0 Å². The average Bonchev–Trinajstić information content (AvgIpc) is 2.44. The van der Waals surface area contributed by atoms with Crippen LogP contribution in [0.5, 0.6) is 0 Å². The van der Waals surface area contributed by atoms with Crippen LogP contribution in [-0.2, 0) is 0 Å². The summed E-state index contributed by atoms with van der Waals surface area (Å²) in [4.78, 5) is 8.72. The number of anilines is 1. The first kappa shape index (κ1) is 13.3. The lowest BCUT2D eigenvalue weighted by Gasteiger charge is -2.07. The third-order valence-corrected chi connectivity index (χ3v) is 3.08. The summed E-state index contributed by atoms with van der Waals surface area (Å²) in [5.74, 6) is 6.13. The molecular formula is C17H15N3O. The molecule has 1 aromatic carbocycles. The van der Waals surface area contributed by atoms with Crippen molar-refractivity contribution in [3.63, 3.8) is 0 Å². The first-order valence-corrected chi connectivity index (χ1v) is 6.63. The van der Waals surface area contributed by atoms with E-state index in [4.69, 9.17) is 5.73 Å². The number of hydrogen-bond donors (Lipinski definition) is 2. The molecule has 0 unspecified atom stereocenters. The Kier molecular flexibility index (Phi) is 3.00. The molecule has 0 radical (unpaired) electrons. The van der Waals surface area contributed by atoms with Gasteiger partial charge < -0.3 is 10.8 Å². The summed E-state index contributed by atoms with van der Waals surface area (Å²) in [5.41, 5.74) is 7.17. The summed E-state index contributed by atoms with van der Waals surface area (Å²) in [6.07, 6.45) is 1.65. The van der Waals surface area contributed by atoms with E-state index in [0.29, 0.717) is 11.3 Å². The molecule has 21 heavy (non-hydrogen) atoms. The van der Waals surface area contributed by atoms with Crippen molar-refractivity contribution in [1.82, 2.24) is 9.97 Å². The van der Waals surface area contributed by atoms with Crippen LogP contribution in [0.4, 0.5) is 5.82 Å². The highest BCUT2D eigenvalue weighted by molar-refractivity contribution is 6.08. The second kappa shape index (κ2) is 4.72. The number of nitrogens with two attached hydrogens (primary N) is 1. The van der Waals surface area contributed by atoms with E-state index in [-0.39, 0.29) is 0 Å². The van der Waals surface area contributed by atoms with Gasteiger partial charge >= 0.3 is 0 Å². The number of nitrogen functional groups attached to an aromatic ring is 1. The Bertz CT molecular complexity index is 899. The molecule has 0 amide bonds. The number of aromatic nitrogens is 2. The Balaban J connectivity index is 2.29. The number of aliphatic hydroxyl groups is 1. The van der Waals surface area contributed by atoms with Crippen molar-refractivity contribution in [2.24, 2.45) is 0 Å². The number of hydrogen-bond acceptors (Lipinski definition) is 4. The summed E-state index contributed by atoms with van der Waals surface area (Å²) in [6, 6.07) is 9.71. The molecule has 2 aromatic heterocycles. The van der Waals surface area contributed by atoms with Gasteiger partial charge in [-0.3, -0.25) is 4.98 Å². The molecule has 0 saturated carbocycles. The SMILES string of the molecule is CC(C)(O)C#Cc1cnc2c(N)nc3ccccc3c2c1. The third kappa shape index (κ3) is 2.64. The Labute approximate surface area is 122 Å². The second-order valence-electron chi connectivity index (χ2n) is 5.44. The quantitative estimate of drug-likeness (QED) is 0.489. The highest BCUT2D eigenvalue weighted by Gasteiger charge is 2.09. The van der Waals surface area contributed by atoms with Gasteiger partial charge in [0.1, 0.15) is 11.1 Å². The van der Waals surface area contributed by atoms with E-state index >= 15 is 0 Å². The Morgan fingerprint density at radius 2 is 1.95 bits per heavy atom. The summed E-state index contributed by atoms with van der Waals surface area (Å²) >= 11 is 0. The van der Waals surface area contributed by atoms with Crippen LogP contribution >= 0.6 is 0 Å². The van der Waals surface area contributed by atoms with Gasteiger partial charge in [0, 0.05) is 22.5 Å². The minimum Gasteiger partial charge on any atom is -0.382 e. The van der Waals surface area contributed by atoms with Gasteiger partial charge in [-0.15, -0.1) is 0 Å². The molecule has 4 heteroatoms. The lowest BCUT2D eigenvalue weighted by atomic mass is 10.1. The van der Waals surface area contributed by atoms with Gasteiger partial charge in [-0.1, -0.05) is 30.0 Å². The van der Waals surface area contributed by atoms with Crippen molar-refractivity contribution in [2.45, 2.75) is 19.4 Å². The van der Waals surface area contributed by atoms with Gasteiger partial charge in [-0.2, -0.15) is 0 Å². The maximum absolute atomic E-state index is 9.68. The number of pyridine rings is 2. The van der Waals surface area contributed by atoms with Gasteiger partial charge in [0.2, 0.25) is 0 Å². The molecule has 2 heterocycles. The van der Waals surface area contributed by atoms with Crippen molar-refractivity contribution in [3.05, 3.63) is 42.1 Å². The lowest BCUT2D eigenvalue weighted by Crippen LogP contribution is -2.14. The van der Waals surface area contributed by atoms with Crippen LogP contribution in [0.2, 0.25) is 0 Å². The molecule has 3 rings (SSSR count). The Morgan fingerprint density at radius 1 is 1.19 bits per heavy atom. The molecular weight excluding hydrogens is 262 g/mol. The number of rotatable bonds is 0. The van der Waals surface area contributed by atoms with Crippen molar-refractivity contribution in [2.75, 3.05) is 5.73 Å². The zero-order chi connectivity index (χ0) is 15.0. The zero-order valence-corrected chi connectivity index (χ0v) is 11.9. The normalized spacial score (nSPS) is 11.4. The minimum atomic E-state index is -1.03. The zero-order valence-electron chi connectivity index (χ0n) is 11.9. The number of benzene rings is 1. The largest absolute Gasteiger partial charge is 0.382 e. The molecule has 0 saturated heterocycles. The van der Waals surface area contributed by atoms with E-state index in [1.165, 1.54) is 0 Å². The third-order valence-electron chi connectivity index (χ3n) is 3.08. The van der Waals surface area contributed by atoms with E-state index in [9.17, 15) is 5.11 Å². The first-order chi connectivity index (χ1) is 9.94. The van der Waals surface area contributed by atoms with Gasteiger partial charge in [-0.25, -0.2) is 4.98 Å². The predicted molar refractivity (Wildman–Crippen MR) is 84.6 cm³/mol. The summed E-state index contributed by atoms with van der Waals surface area (Å²) in [6.45, 7) is 3.29. The highest BCUT2D eigenvalue weighted by atomic mass is 16.3. The van der Waals surface area contributed by atoms with Crippen LogP contribution < -0.4 is 5.73 Å². The van der Waals surface area contributed by atoms with E-state index in [0.717, 1.165) is 21.9 Å². The van der Waals surface area contributed by atoms with Crippen LogP contribution in [0.3, 0.4) is 0 Å². The molecule has 3 aromatic rings. The van der Waals surface area contributed by atoms with Crippen molar-refractivity contribution < 1.29 is 5.11 Å². The minimum absolute atomic E-state index is 0.408. The van der Waals surface area contributed by atoms with E-state index in [1.807, 2.05) is 30.3 Å². The van der Waals surface area contributed by atoms with Gasteiger partial charge in [-0.05, 0) is 26.0 Å². The molecule has 0 atom stereocenters. The van der Waals surface area contributed by atoms with Crippen LogP contribution in [0.25, 0.3) is 21.8 Å². The topological polar surface area (TPSA) is 72.0 Å². The van der Waals surface area contributed by atoms with Crippen molar-refractivity contribution in [3.8, 4) is 11.8 Å². The van der Waals surface area contributed by atoms with Gasteiger partial charge in [0.15, 0.2) is 5.82 Å². The maximum atomic E-state index is 9.68. The molecule has 4 nitrogen and oxygen atoms in total. The fourth-order valence-electron chi connectivity index (χ4n) is 2.15. The Hall–Kier alpha value is -2.64. The molecule has 0 aliphatic rings.